The van der Waals surface area contributed by atoms with Gasteiger partial charge in [-0.2, -0.15) is 10.2 Å². The van der Waals surface area contributed by atoms with Crippen LogP contribution in [0.1, 0.15) is 28.2 Å². The molecule has 0 fully saturated rings. The number of halogens is 2. The molecule has 0 atom stereocenters. The second-order valence-corrected chi connectivity index (χ2v) is 8.96. The van der Waals surface area contributed by atoms with E-state index in [0.29, 0.717) is 16.6 Å². The molecule has 6 heteroatoms. The number of hydrogen-bond donors (Lipinski definition) is 2. The molecular formula is C28H21Cl2N3O. The minimum Gasteiger partial charge on any atom is -0.508 e. The number of anilines is 1. The lowest BCUT2D eigenvalue weighted by Gasteiger charge is -2.20. The molecule has 4 nitrogen and oxygen atoms in total. The van der Waals surface area contributed by atoms with Crippen LogP contribution in [-0.2, 0) is 6.54 Å². The summed E-state index contributed by atoms with van der Waals surface area (Å²) < 4.78 is 0. The maximum Gasteiger partial charge on any atom is 0.115 e. The highest BCUT2D eigenvalue weighted by atomic mass is 35.5. The van der Waals surface area contributed by atoms with Gasteiger partial charge in [0, 0.05) is 27.9 Å². The van der Waals surface area contributed by atoms with Crippen molar-refractivity contribution in [2.75, 3.05) is 5.32 Å². The molecule has 0 amide bonds. The summed E-state index contributed by atoms with van der Waals surface area (Å²) in [4.78, 5) is 0. The Labute approximate surface area is 207 Å². The van der Waals surface area contributed by atoms with Crippen LogP contribution < -0.4 is 5.32 Å². The van der Waals surface area contributed by atoms with Crippen molar-refractivity contribution < 1.29 is 5.11 Å². The van der Waals surface area contributed by atoms with Crippen LogP contribution in [0.15, 0.2) is 97.2 Å². The third-order valence-corrected chi connectivity index (χ3v) is 6.33. The molecule has 0 radical (unpaired) electrons. The van der Waals surface area contributed by atoms with Crippen molar-refractivity contribution in [2.45, 2.75) is 12.5 Å². The highest BCUT2D eigenvalue weighted by Gasteiger charge is 2.18. The van der Waals surface area contributed by atoms with Crippen molar-refractivity contribution in [3.63, 3.8) is 0 Å². The molecule has 1 aromatic heterocycles. The Morgan fingerprint density at radius 1 is 0.735 bits per heavy atom. The van der Waals surface area contributed by atoms with Crippen LogP contribution in [0.2, 0.25) is 10.0 Å². The number of phenols is 1. The first-order valence-electron chi connectivity index (χ1n) is 10.8. The molecule has 5 aromatic rings. The largest absolute Gasteiger partial charge is 0.508 e. The number of aromatic nitrogens is 2. The lowest BCUT2D eigenvalue weighted by Crippen LogP contribution is -2.05. The van der Waals surface area contributed by atoms with Gasteiger partial charge >= 0.3 is 0 Å². The van der Waals surface area contributed by atoms with Gasteiger partial charge in [0.2, 0.25) is 0 Å². The monoisotopic (exact) mass is 485 g/mol. The van der Waals surface area contributed by atoms with Gasteiger partial charge < -0.3 is 10.4 Å². The average Bonchev–Trinajstić information content (AvgIpc) is 2.86. The van der Waals surface area contributed by atoms with Gasteiger partial charge in [0.15, 0.2) is 0 Å². The average molecular weight is 486 g/mol. The van der Waals surface area contributed by atoms with Crippen molar-refractivity contribution in [1.82, 2.24) is 10.2 Å². The fraction of sp³-hybridized carbons (Fsp3) is 0.0714. The van der Waals surface area contributed by atoms with Crippen LogP contribution in [0.4, 0.5) is 5.69 Å². The lowest BCUT2D eigenvalue weighted by atomic mass is 9.84. The Kier molecular flexibility index (Phi) is 6.35. The summed E-state index contributed by atoms with van der Waals surface area (Å²) >= 11 is 12.3. The summed E-state index contributed by atoms with van der Waals surface area (Å²) in [6.45, 7) is 0.600. The van der Waals surface area contributed by atoms with Crippen LogP contribution in [0.5, 0.6) is 5.75 Å². The number of nitrogens with one attached hydrogen (secondary N) is 1. The topological polar surface area (TPSA) is 58.0 Å². The summed E-state index contributed by atoms with van der Waals surface area (Å²) in [5, 5.41) is 23.9. The number of hydrogen-bond acceptors (Lipinski definition) is 4. The summed E-state index contributed by atoms with van der Waals surface area (Å²) in [5.41, 5.74) is 6.15. The Morgan fingerprint density at radius 3 is 1.94 bits per heavy atom. The number of rotatable bonds is 6. The SMILES string of the molecule is Oc1ccc(CNc2cnnc3ccc(C(c4ccc(Cl)cc4)c4ccc(Cl)cc4)cc23)cc1. The van der Waals surface area contributed by atoms with Crippen LogP contribution in [-0.4, -0.2) is 15.3 Å². The van der Waals surface area contributed by atoms with Crippen LogP contribution in [0.3, 0.4) is 0 Å². The molecular weight excluding hydrogens is 465 g/mol. The molecule has 0 aliphatic rings. The number of nitrogens with zero attached hydrogens (tertiary/aromatic N) is 2. The summed E-state index contributed by atoms with van der Waals surface area (Å²) in [5.74, 6) is 0.247. The molecule has 2 N–H and O–H groups in total. The first-order chi connectivity index (χ1) is 16.6. The van der Waals surface area contributed by atoms with E-state index in [4.69, 9.17) is 23.2 Å². The molecule has 34 heavy (non-hydrogen) atoms. The van der Waals surface area contributed by atoms with Crippen LogP contribution in [0, 0.1) is 0 Å². The van der Waals surface area contributed by atoms with Crippen molar-refractivity contribution in [2.24, 2.45) is 0 Å². The zero-order chi connectivity index (χ0) is 23.5. The van der Waals surface area contributed by atoms with E-state index in [2.05, 4.69) is 51.9 Å². The minimum atomic E-state index is -0.00273. The van der Waals surface area contributed by atoms with Gasteiger partial charge in [-0.25, -0.2) is 0 Å². The molecule has 1 heterocycles. The quantitative estimate of drug-likeness (QED) is 0.245. The summed E-state index contributed by atoms with van der Waals surface area (Å²) in [6, 6.07) is 29.3. The van der Waals surface area contributed by atoms with Gasteiger partial charge in [0.1, 0.15) is 5.75 Å². The van der Waals surface area contributed by atoms with Crippen LogP contribution >= 0.6 is 23.2 Å². The Balaban J connectivity index is 1.56. The highest BCUT2D eigenvalue weighted by Crippen LogP contribution is 2.35. The molecule has 0 saturated carbocycles. The van der Waals surface area contributed by atoms with Crippen molar-refractivity contribution in [3.05, 3.63) is 129 Å². The molecule has 0 unspecified atom stereocenters. The maximum atomic E-state index is 9.53. The Bertz CT molecular complexity index is 1370. The van der Waals surface area contributed by atoms with E-state index in [0.717, 1.165) is 38.8 Å². The fourth-order valence-electron chi connectivity index (χ4n) is 4.09. The van der Waals surface area contributed by atoms with E-state index in [-0.39, 0.29) is 11.7 Å². The first-order valence-corrected chi connectivity index (χ1v) is 11.6. The van der Waals surface area contributed by atoms with E-state index in [1.54, 1.807) is 18.3 Å². The fourth-order valence-corrected chi connectivity index (χ4v) is 4.35. The summed E-state index contributed by atoms with van der Waals surface area (Å²) in [6.07, 6.45) is 1.74. The zero-order valence-corrected chi connectivity index (χ0v) is 19.6. The van der Waals surface area contributed by atoms with Crippen molar-refractivity contribution >= 4 is 39.8 Å². The standard InChI is InChI=1S/C28H21Cl2N3O/c29-22-8-3-19(4-9-22)28(20-5-10-23(30)11-6-20)21-7-14-26-25(15-21)27(17-32-33-26)31-16-18-1-12-24(34)13-2-18/h1-15,17,28,34H,16H2,(H,31,33). The zero-order valence-electron chi connectivity index (χ0n) is 18.1. The van der Waals surface area contributed by atoms with Gasteiger partial charge in [-0.05, 0) is 70.8 Å². The Morgan fingerprint density at radius 2 is 1.32 bits per heavy atom. The lowest BCUT2D eigenvalue weighted by molar-refractivity contribution is 0.475. The highest BCUT2D eigenvalue weighted by molar-refractivity contribution is 6.30. The van der Waals surface area contributed by atoms with E-state index in [1.165, 1.54) is 0 Å². The number of aromatic hydroxyl groups is 1. The van der Waals surface area contributed by atoms with Gasteiger partial charge in [-0.15, -0.1) is 0 Å². The van der Waals surface area contributed by atoms with Gasteiger partial charge in [0.05, 0.1) is 17.4 Å². The molecule has 0 spiro atoms. The van der Waals surface area contributed by atoms with E-state index in [9.17, 15) is 5.11 Å². The van der Waals surface area contributed by atoms with Gasteiger partial charge in [-0.3, -0.25) is 0 Å². The normalized spacial score (nSPS) is 11.1. The Hall–Kier alpha value is -3.60. The van der Waals surface area contributed by atoms with E-state index >= 15 is 0 Å². The second-order valence-electron chi connectivity index (χ2n) is 8.09. The smallest absolute Gasteiger partial charge is 0.115 e. The second kappa shape index (κ2) is 9.72. The predicted octanol–water partition coefficient (Wildman–Crippen LogP) is 7.43. The molecule has 0 saturated heterocycles. The number of phenolic OH excluding ortho intramolecular Hbond substituents is 1. The predicted molar refractivity (Wildman–Crippen MR) is 139 cm³/mol. The minimum absolute atomic E-state index is 0.00273. The van der Waals surface area contributed by atoms with Crippen molar-refractivity contribution in [1.29, 1.82) is 0 Å². The number of fused-ring (bicyclic) bond motifs is 1. The molecule has 168 valence electrons. The van der Waals surface area contributed by atoms with E-state index in [1.807, 2.05) is 42.5 Å². The molecule has 0 aliphatic carbocycles. The molecule has 0 aliphatic heterocycles. The first kappa shape index (κ1) is 22.2. The van der Waals surface area contributed by atoms with Crippen LogP contribution in [0.25, 0.3) is 10.9 Å². The third-order valence-electron chi connectivity index (χ3n) is 5.82. The summed E-state index contributed by atoms with van der Waals surface area (Å²) in [7, 11) is 0. The van der Waals surface area contributed by atoms with E-state index < -0.39 is 0 Å². The number of benzene rings is 4. The van der Waals surface area contributed by atoms with Gasteiger partial charge in [0.25, 0.3) is 0 Å². The third kappa shape index (κ3) is 4.84. The molecule has 5 rings (SSSR count). The maximum absolute atomic E-state index is 9.53. The molecule has 4 aromatic carbocycles. The van der Waals surface area contributed by atoms with Crippen molar-refractivity contribution in [3.8, 4) is 5.75 Å². The molecule has 0 bridgehead atoms. The van der Waals surface area contributed by atoms with Gasteiger partial charge in [-0.1, -0.05) is 65.7 Å².